The van der Waals surface area contributed by atoms with Crippen LogP contribution < -0.4 is 22.1 Å². The van der Waals surface area contributed by atoms with Crippen LogP contribution in [0.1, 0.15) is 28.8 Å². The Bertz CT molecular complexity index is 816. The average Bonchev–Trinajstić information content (AvgIpc) is 3.14. The SMILES string of the molecule is COC(=O)c1ccn(Cc2ccc(NC(=O)[C@@H](N)CCCNC(N)=O)cc2)c1. The Labute approximate surface area is 163 Å². The predicted molar refractivity (Wildman–Crippen MR) is 105 cm³/mol. The summed E-state index contributed by atoms with van der Waals surface area (Å²) in [4.78, 5) is 34.2. The second kappa shape index (κ2) is 10.1. The number of carbonyl (C=O) groups excluding carboxylic acids is 3. The van der Waals surface area contributed by atoms with Gasteiger partial charge in [0, 0.05) is 31.2 Å². The Morgan fingerprint density at radius 2 is 1.89 bits per heavy atom. The summed E-state index contributed by atoms with van der Waals surface area (Å²) in [6.45, 7) is 0.958. The summed E-state index contributed by atoms with van der Waals surface area (Å²) in [6.07, 6.45) is 4.50. The molecule has 3 amide bonds. The Kier molecular flexibility index (Phi) is 7.58. The molecule has 0 bridgehead atoms. The Morgan fingerprint density at radius 3 is 2.54 bits per heavy atom. The minimum atomic E-state index is -0.675. The monoisotopic (exact) mass is 387 g/mol. The molecule has 1 aromatic carbocycles. The molecule has 0 aliphatic heterocycles. The smallest absolute Gasteiger partial charge is 0.339 e. The molecule has 150 valence electrons. The fourth-order valence-electron chi connectivity index (χ4n) is 2.58. The molecule has 1 heterocycles. The van der Waals surface area contributed by atoms with Gasteiger partial charge in [-0.3, -0.25) is 4.79 Å². The fraction of sp³-hybridized carbons (Fsp3) is 0.316. The van der Waals surface area contributed by atoms with Crippen LogP contribution in [0.4, 0.5) is 10.5 Å². The molecule has 0 aliphatic rings. The first-order valence-electron chi connectivity index (χ1n) is 8.82. The lowest BCUT2D eigenvalue weighted by Gasteiger charge is -2.13. The number of primary amides is 1. The number of amides is 3. The summed E-state index contributed by atoms with van der Waals surface area (Å²) in [6, 6.07) is 7.77. The summed E-state index contributed by atoms with van der Waals surface area (Å²) in [5, 5.41) is 5.22. The highest BCUT2D eigenvalue weighted by molar-refractivity contribution is 5.94. The van der Waals surface area contributed by atoms with E-state index in [0.29, 0.717) is 37.2 Å². The lowest BCUT2D eigenvalue weighted by molar-refractivity contribution is -0.117. The van der Waals surface area contributed by atoms with E-state index in [-0.39, 0.29) is 11.9 Å². The number of hydrogen-bond donors (Lipinski definition) is 4. The minimum absolute atomic E-state index is 0.292. The van der Waals surface area contributed by atoms with Gasteiger partial charge in [0.2, 0.25) is 5.91 Å². The van der Waals surface area contributed by atoms with E-state index in [1.54, 1.807) is 30.6 Å². The number of ether oxygens (including phenoxy) is 1. The quantitative estimate of drug-likeness (QED) is 0.376. The largest absolute Gasteiger partial charge is 0.465 e. The van der Waals surface area contributed by atoms with Crippen LogP contribution in [0.2, 0.25) is 0 Å². The number of anilines is 1. The van der Waals surface area contributed by atoms with Crippen molar-refractivity contribution in [2.75, 3.05) is 19.0 Å². The maximum atomic E-state index is 12.1. The van der Waals surface area contributed by atoms with Crippen molar-refractivity contribution in [3.8, 4) is 0 Å². The molecule has 9 heteroatoms. The van der Waals surface area contributed by atoms with E-state index in [9.17, 15) is 14.4 Å². The van der Waals surface area contributed by atoms with Gasteiger partial charge in [0.25, 0.3) is 0 Å². The van der Waals surface area contributed by atoms with Crippen molar-refractivity contribution < 1.29 is 19.1 Å². The highest BCUT2D eigenvalue weighted by atomic mass is 16.5. The van der Waals surface area contributed by atoms with Gasteiger partial charge in [-0.05, 0) is 36.6 Å². The summed E-state index contributed by atoms with van der Waals surface area (Å²) in [5.74, 6) is -0.668. The second-order valence-electron chi connectivity index (χ2n) is 6.29. The molecular weight excluding hydrogens is 362 g/mol. The van der Waals surface area contributed by atoms with Crippen LogP contribution in [0.3, 0.4) is 0 Å². The van der Waals surface area contributed by atoms with Gasteiger partial charge in [-0.2, -0.15) is 0 Å². The van der Waals surface area contributed by atoms with Gasteiger partial charge < -0.3 is 31.4 Å². The van der Waals surface area contributed by atoms with Crippen LogP contribution in [0, 0.1) is 0 Å². The van der Waals surface area contributed by atoms with Gasteiger partial charge >= 0.3 is 12.0 Å². The molecule has 0 aliphatic carbocycles. The normalized spacial score (nSPS) is 11.5. The van der Waals surface area contributed by atoms with Gasteiger partial charge in [-0.1, -0.05) is 12.1 Å². The molecule has 0 saturated heterocycles. The average molecular weight is 387 g/mol. The Morgan fingerprint density at radius 1 is 1.18 bits per heavy atom. The molecule has 2 rings (SSSR count). The number of carbonyl (C=O) groups is 3. The van der Waals surface area contributed by atoms with Gasteiger partial charge in [-0.25, -0.2) is 9.59 Å². The molecule has 0 unspecified atom stereocenters. The first-order chi connectivity index (χ1) is 13.4. The fourth-order valence-corrected chi connectivity index (χ4v) is 2.58. The Hall–Kier alpha value is -3.33. The van der Waals surface area contributed by atoms with Crippen LogP contribution in [0.5, 0.6) is 0 Å². The topological polar surface area (TPSA) is 141 Å². The van der Waals surface area contributed by atoms with Crippen LogP contribution in [-0.2, 0) is 16.1 Å². The molecular formula is C19H25N5O4. The molecule has 1 atom stereocenters. The third-order valence-corrected chi connectivity index (χ3v) is 4.09. The first kappa shape index (κ1) is 21.0. The van der Waals surface area contributed by atoms with Crippen molar-refractivity contribution in [2.45, 2.75) is 25.4 Å². The van der Waals surface area contributed by atoms with Crippen molar-refractivity contribution in [3.05, 3.63) is 53.9 Å². The minimum Gasteiger partial charge on any atom is -0.465 e. The van der Waals surface area contributed by atoms with E-state index in [1.807, 2.05) is 16.7 Å². The third kappa shape index (κ3) is 6.44. The summed E-state index contributed by atoms with van der Waals surface area (Å²) in [7, 11) is 1.34. The number of hydrogen-bond acceptors (Lipinski definition) is 5. The highest BCUT2D eigenvalue weighted by Crippen LogP contribution is 2.13. The lowest BCUT2D eigenvalue weighted by Crippen LogP contribution is -2.37. The molecule has 0 saturated carbocycles. The zero-order valence-electron chi connectivity index (χ0n) is 15.7. The van der Waals surface area contributed by atoms with Gasteiger partial charge in [0.05, 0.1) is 18.7 Å². The molecule has 1 aromatic heterocycles. The summed E-state index contributed by atoms with van der Waals surface area (Å²) >= 11 is 0. The highest BCUT2D eigenvalue weighted by Gasteiger charge is 2.13. The zero-order valence-corrected chi connectivity index (χ0v) is 15.7. The van der Waals surface area contributed by atoms with Crippen molar-refractivity contribution in [1.29, 1.82) is 0 Å². The maximum Gasteiger partial charge on any atom is 0.339 e. The van der Waals surface area contributed by atoms with E-state index in [0.717, 1.165) is 5.56 Å². The van der Waals surface area contributed by atoms with Crippen LogP contribution >= 0.6 is 0 Å². The van der Waals surface area contributed by atoms with E-state index < -0.39 is 12.1 Å². The number of aromatic nitrogens is 1. The van der Waals surface area contributed by atoms with Crippen molar-refractivity contribution >= 4 is 23.6 Å². The number of methoxy groups -OCH3 is 1. The van der Waals surface area contributed by atoms with Gasteiger partial charge in [0.1, 0.15) is 0 Å². The van der Waals surface area contributed by atoms with E-state index >= 15 is 0 Å². The zero-order chi connectivity index (χ0) is 20.5. The number of nitrogens with two attached hydrogens (primary N) is 2. The van der Waals surface area contributed by atoms with Crippen molar-refractivity contribution in [1.82, 2.24) is 9.88 Å². The van der Waals surface area contributed by atoms with Gasteiger partial charge in [0.15, 0.2) is 0 Å². The number of nitrogens with one attached hydrogen (secondary N) is 2. The predicted octanol–water partition coefficient (Wildman–Crippen LogP) is 1.04. The van der Waals surface area contributed by atoms with Crippen molar-refractivity contribution in [2.24, 2.45) is 11.5 Å². The van der Waals surface area contributed by atoms with E-state index in [1.165, 1.54) is 7.11 Å². The maximum absolute atomic E-state index is 12.1. The number of rotatable bonds is 9. The van der Waals surface area contributed by atoms with Crippen LogP contribution in [0.15, 0.2) is 42.7 Å². The first-order valence-corrected chi connectivity index (χ1v) is 8.82. The molecule has 0 fully saturated rings. The Balaban J connectivity index is 1.83. The van der Waals surface area contributed by atoms with E-state index in [4.69, 9.17) is 11.5 Å². The van der Waals surface area contributed by atoms with Crippen LogP contribution in [0.25, 0.3) is 0 Å². The summed E-state index contributed by atoms with van der Waals surface area (Å²) in [5.41, 5.74) is 13.0. The lowest BCUT2D eigenvalue weighted by atomic mass is 10.1. The van der Waals surface area contributed by atoms with E-state index in [2.05, 4.69) is 15.4 Å². The number of esters is 1. The number of urea groups is 1. The number of benzene rings is 1. The summed E-state index contributed by atoms with van der Waals surface area (Å²) < 4.78 is 6.56. The second-order valence-corrected chi connectivity index (χ2v) is 6.29. The molecule has 6 N–H and O–H groups in total. The van der Waals surface area contributed by atoms with Crippen molar-refractivity contribution in [3.63, 3.8) is 0 Å². The molecule has 9 nitrogen and oxygen atoms in total. The van der Waals surface area contributed by atoms with Crippen LogP contribution in [-0.4, -0.2) is 42.2 Å². The molecule has 0 spiro atoms. The standard InChI is InChI=1S/C19H25N5O4/c1-28-18(26)14-8-10-24(12-14)11-13-4-6-15(7-5-13)23-17(25)16(20)3-2-9-22-19(21)27/h4-8,10,12,16H,2-3,9,11,20H2,1H3,(H,23,25)(H3,21,22,27)/t16-/m0/s1. The molecule has 2 aromatic rings. The number of nitrogens with zero attached hydrogens (tertiary/aromatic N) is 1. The third-order valence-electron chi connectivity index (χ3n) is 4.09. The molecule has 28 heavy (non-hydrogen) atoms. The van der Waals surface area contributed by atoms with Gasteiger partial charge in [-0.15, -0.1) is 0 Å². The molecule has 0 radical (unpaired) electrons.